The molecule has 0 radical (unpaired) electrons. The molecule has 3 fully saturated rings. The Hall–Kier alpha value is -4.93. The van der Waals surface area contributed by atoms with E-state index in [0.29, 0.717) is 24.7 Å². The average Bonchev–Trinajstić information content (AvgIpc) is 3.69. The molecule has 9 unspecified atom stereocenters. The zero-order valence-electron chi connectivity index (χ0n) is 29.8. The molecule has 3 heterocycles. The molecule has 0 spiro atoms. The quantitative estimate of drug-likeness (QED) is 0.176. The van der Waals surface area contributed by atoms with Gasteiger partial charge in [-0.1, -0.05) is 12.1 Å². The first-order chi connectivity index (χ1) is 24.8. The average molecular weight is 731 g/mol. The molecule has 5 rings (SSSR count). The monoisotopic (exact) mass is 730 g/mol. The minimum Gasteiger partial charge on any atom is -0.493 e. The summed E-state index contributed by atoms with van der Waals surface area (Å²) >= 11 is 0. The molecule has 0 N–H and O–H groups in total. The second kappa shape index (κ2) is 16.6. The largest absolute Gasteiger partial charge is 0.493 e. The number of methoxy groups -OCH3 is 2. The Morgan fingerprint density at radius 3 is 1.62 bits per heavy atom. The Morgan fingerprint density at radius 1 is 0.615 bits per heavy atom. The van der Waals surface area contributed by atoms with E-state index in [1.54, 1.807) is 30.3 Å². The third-order valence-electron chi connectivity index (χ3n) is 8.74. The molecule has 0 saturated carbocycles. The fourth-order valence-corrected chi connectivity index (χ4v) is 6.70. The van der Waals surface area contributed by atoms with Crippen molar-refractivity contribution in [3.8, 4) is 23.0 Å². The molecule has 282 valence electrons. The molecular formula is C36H42O16. The fourth-order valence-electron chi connectivity index (χ4n) is 6.70. The van der Waals surface area contributed by atoms with Gasteiger partial charge in [0.25, 0.3) is 0 Å². The second-order valence-corrected chi connectivity index (χ2v) is 12.4. The van der Waals surface area contributed by atoms with Crippen LogP contribution in [0.5, 0.6) is 23.0 Å². The first-order valence-corrected chi connectivity index (χ1v) is 16.5. The molecule has 52 heavy (non-hydrogen) atoms. The number of ether oxygens (including phenoxy) is 11. The van der Waals surface area contributed by atoms with Crippen LogP contribution in [0.2, 0.25) is 0 Å². The van der Waals surface area contributed by atoms with Crippen molar-refractivity contribution in [2.45, 2.75) is 77.5 Å². The third kappa shape index (κ3) is 8.74. The van der Waals surface area contributed by atoms with E-state index >= 15 is 0 Å². The van der Waals surface area contributed by atoms with Gasteiger partial charge in [0.1, 0.15) is 12.7 Å². The minimum absolute atomic E-state index is 0.00820. The zero-order chi connectivity index (χ0) is 37.7. The van der Waals surface area contributed by atoms with E-state index in [0.717, 1.165) is 31.9 Å². The molecule has 0 amide bonds. The summed E-state index contributed by atoms with van der Waals surface area (Å²) in [6, 6.07) is 10.5. The van der Waals surface area contributed by atoms with Crippen LogP contribution >= 0.6 is 0 Å². The number of carbonyl (C=O) groups excluding carboxylic acids is 5. The molecule has 0 aliphatic carbocycles. The smallest absolute Gasteiger partial charge is 0.308 e. The maximum atomic E-state index is 12.2. The zero-order valence-corrected chi connectivity index (χ0v) is 29.8. The van der Waals surface area contributed by atoms with Gasteiger partial charge in [0, 0.05) is 46.5 Å². The van der Waals surface area contributed by atoms with Gasteiger partial charge < -0.3 is 52.1 Å². The van der Waals surface area contributed by atoms with Crippen molar-refractivity contribution < 1.29 is 76.1 Å². The van der Waals surface area contributed by atoms with Gasteiger partial charge >= 0.3 is 29.8 Å². The fraction of sp³-hybridized carbons (Fsp3) is 0.528. The lowest BCUT2D eigenvalue weighted by molar-refractivity contribution is -0.288. The van der Waals surface area contributed by atoms with Crippen molar-refractivity contribution in [2.75, 3.05) is 34.0 Å². The summed E-state index contributed by atoms with van der Waals surface area (Å²) in [6.45, 7) is 6.35. The van der Waals surface area contributed by atoms with Crippen LogP contribution in [0.15, 0.2) is 36.4 Å². The Kier molecular flexibility index (Phi) is 12.2. The molecule has 16 heteroatoms. The highest BCUT2D eigenvalue weighted by atomic mass is 16.7. The van der Waals surface area contributed by atoms with Gasteiger partial charge in [-0.15, -0.1) is 0 Å². The molecular weight excluding hydrogens is 688 g/mol. The maximum Gasteiger partial charge on any atom is 0.308 e. The van der Waals surface area contributed by atoms with Crippen LogP contribution in [0.25, 0.3) is 0 Å². The normalized spacial score (nSPS) is 27.8. The molecule has 3 aliphatic heterocycles. The maximum absolute atomic E-state index is 12.2. The van der Waals surface area contributed by atoms with E-state index in [9.17, 15) is 24.0 Å². The molecule has 9 atom stereocenters. The van der Waals surface area contributed by atoms with Crippen molar-refractivity contribution in [1.29, 1.82) is 0 Å². The van der Waals surface area contributed by atoms with Crippen molar-refractivity contribution in [3.63, 3.8) is 0 Å². The van der Waals surface area contributed by atoms with Crippen LogP contribution in [0, 0.1) is 11.8 Å². The van der Waals surface area contributed by atoms with Gasteiger partial charge in [0.05, 0.1) is 39.6 Å². The Morgan fingerprint density at radius 2 is 1.12 bits per heavy atom. The Labute approximate surface area is 299 Å². The number of benzene rings is 2. The van der Waals surface area contributed by atoms with Gasteiger partial charge in [-0.2, -0.15) is 0 Å². The van der Waals surface area contributed by atoms with Gasteiger partial charge in [0.2, 0.25) is 12.4 Å². The van der Waals surface area contributed by atoms with Gasteiger partial charge in [-0.3, -0.25) is 24.0 Å². The summed E-state index contributed by atoms with van der Waals surface area (Å²) in [4.78, 5) is 59.7. The number of esters is 5. The van der Waals surface area contributed by atoms with E-state index in [4.69, 9.17) is 52.1 Å². The van der Waals surface area contributed by atoms with Crippen molar-refractivity contribution in [3.05, 3.63) is 47.5 Å². The van der Waals surface area contributed by atoms with Crippen LogP contribution in [0.1, 0.15) is 58.0 Å². The van der Waals surface area contributed by atoms with E-state index in [1.807, 2.05) is 6.07 Å². The van der Waals surface area contributed by atoms with Gasteiger partial charge in [0.15, 0.2) is 35.2 Å². The highest BCUT2D eigenvalue weighted by Crippen LogP contribution is 2.51. The topological polar surface area (TPSA) is 187 Å². The summed E-state index contributed by atoms with van der Waals surface area (Å²) in [5.41, 5.74) is 1.64. The number of hydrogen-bond donors (Lipinski definition) is 0. The number of rotatable bonds is 12. The summed E-state index contributed by atoms with van der Waals surface area (Å²) in [5.74, 6) is -2.21. The molecule has 0 aromatic heterocycles. The van der Waals surface area contributed by atoms with E-state index < -0.39 is 67.2 Å². The SMILES string of the molecule is COc1cc(C2OCC3C(c4ccc(OC5OC(COC(C)=O)C(OC(C)=O)C(OC(C)=O)C5OC(C)=O)c(OC)c4)OCC23)ccc1OC(C)=O. The molecule has 0 bridgehead atoms. The summed E-state index contributed by atoms with van der Waals surface area (Å²) < 4.78 is 62.9. The predicted molar refractivity (Wildman–Crippen MR) is 174 cm³/mol. The van der Waals surface area contributed by atoms with Gasteiger partial charge in [-0.25, -0.2) is 0 Å². The lowest BCUT2D eigenvalue weighted by atomic mass is 9.85. The van der Waals surface area contributed by atoms with Crippen LogP contribution in [0.4, 0.5) is 0 Å². The van der Waals surface area contributed by atoms with Crippen molar-refractivity contribution in [1.82, 2.24) is 0 Å². The molecule has 16 nitrogen and oxygen atoms in total. The number of fused-ring (bicyclic) bond motifs is 1. The minimum atomic E-state index is -1.44. The van der Waals surface area contributed by atoms with E-state index in [-0.39, 0.29) is 35.5 Å². The Balaban J connectivity index is 1.38. The molecule has 2 aromatic carbocycles. The third-order valence-corrected chi connectivity index (χ3v) is 8.74. The lowest BCUT2D eigenvalue weighted by Gasteiger charge is -2.44. The van der Waals surface area contributed by atoms with Crippen LogP contribution < -0.4 is 18.9 Å². The molecule has 3 saturated heterocycles. The highest BCUT2D eigenvalue weighted by molar-refractivity contribution is 5.70. The molecule has 3 aliphatic rings. The summed E-state index contributed by atoms with van der Waals surface area (Å²) in [5, 5.41) is 0. The van der Waals surface area contributed by atoms with Crippen LogP contribution in [-0.4, -0.2) is 94.6 Å². The lowest BCUT2D eigenvalue weighted by Crippen LogP contribution is -2.63. The first kappa shape index (κ1) is 38.3. The van der Waals surface area contributed by atoms with E-state index in [1.165, 1.54) is 28.1 Å². The van der Waals surface area contributed by atoms with Crippen LogP contribution in [-0.2, 0) is 57.1 Å². The van der Waals surface area contributed by atoms with E-state index in [2.05, 4.69) is 0 Å². The highest BCUT2D eigenvalue weighted by Gasteiger charge is 2.54. The van der Waals surface area contributed by atoms with Crippen molar-refractivity contribution in [2.24, 2.45) is 11.8 Å². The van der Waals surface area contributed by atoms with Crippen molar-refractivity contribution >= 4 is 29.8 Å². The first-order valence-electron chi connectivity index (χ1n) is 16.5. The molecule has 2 aromatic rings. The summed E-state index contributed by atoms with van der Waals surface area (Å²) in [6.07, 6.45) is -7.42. The summed E-state index contributed by atoms with van der Waals surface area (Å²) in [7, 11) is 2.94. The predicted octanol–water partition coefficient (Wildman–Crippen LogP) is 3.17. The Bertz CT molecular complexity index is 1660. The number of hydrogen-bond acceptors (Lipinski definition) is 16. The van der Waals surface area contributed by atoms with Gasteiger partial charge in [-0.05, 0) is 35.4 Å². The van der Waals surface area contributed by atoms with Crippen LogP contribution in [0.3, 0.4) is 0 Å². The number of carbonyl (C=O) groups is 5. The standard InChI is InChI=1S/C36H42O16/c1-17(37)44-16-30-33(48-19(3)39)34(49-20(4)40)35(50-21(5)41)36(52-30)51-27-11-9-23(13-29(27)43-7)32-25-15-45-31(24(25)14-46-32)22-8-10-26(47-18(2)38)28(12-22)42-6/h8-13,24-25,30-36H,14-16H2,1-7H3. The second-order valence-electron chi connectivity index (χ2n) is 12.4.